The lowest BCUT2D eigenvalue weighted by Gasteiger charge is -2.17. The Balaban J connectivity index is 1.71. The fourth-order valence-corrected chi connectivity index (χ4v) is 2.27. The number of nitrogens with one attached hydrogen (secondary N) is 1. The monoisotopic (exact) mass is 341 g/mol. The summed E-state index contributed by atoms with van der Waals surface area (Å²) in [6.45, 7) is 0.596. The van der Waals surface area contributed by atoms with Crippen LogP contribution in [0.2, 0.25) is 0 Å². The van der Waals surface area contributed by atoms with E-state index in [-0.39, 0.29) is 24.8 Å². The van der Waals surface area contributed by atoms with Gasteiger partial charge in [0.1, 0.15) is 5.75 Å². The highest BCUT2D eigenvalue weighted by atomic mass is 16.5. The number of ether oxygens (including phenoxy) is 1. The Kier molecular flexibility index (Phi) is 6.95. The lowest BCUT2D eigenvalue weighted by atomic mass is 10.1. The summed E-state index contributed by atoms with van der Waals surface area (Å²) in [5.41, 5.74) is 2.00. The van der Waals surface area contributed by atoms with E-state index in [0.29, 0.717) is 6.54 Å². The Labute approximate surface area is 147 Å². The fourth-order valence-electron chi connectivity index (χ4n) is 2.27. The Bertz CT molecular complexity index is 687. The number of hydrogen-bond donors (Lipinski definition) is 1. The maximum Gasteiger partial charge on any atom is 0.241 e. The van der Waals surface area contributed by atoms with Crippen LogP contribution in [0.4, 0.5) is 0 Å². The number of amides is 2. The van der Waals surface area contributed by atoms with Gasteiger partial charge in [-0.1, -0.05) is 12.1 Å². The topological polar surface area (TPSA) is 71.5 Å². The van der Waals surface area contributed by atoms with Gasteiger partial charge in [0.25, 0.3) is 0 Å². The molecule has 0 saturated carbocycles. The standard InChI is InChI=1S/C19H23N3O3/c1-22(12-9-15-7-10-20-11-8-15)19(24)14-21-18(23)13-16-3-5-17(25-2)6-4-16/h3-8,10-11H,9,12-14H2,1-2H3,(H,21,23). The molecule has 0 saturated heterocycles. The number of carbonyl (C=O) groups excluding carboxylic acids is 2. The van der Waals surface area contributed by atoms with Crippen LogP contribution in [0.5, 0.6) is 5.75 Å². The molecule has 0 aliphatic rings. The summed E-state index contributed by atoms with van der Waals surface area (Å²) in [5, 5.41) is 2.67. The lowest BCUT2D eigenvalue weighted by Crippen LogP contribution is -2.39. The lowest BCUT2D eigenvalue weighted by molar-refractivity contribution is -0.131. The summed E-state index contributed by atoms with van der Waals surface area (Å²) in [6, 6.07) is 11.1. The third kappa shape index (κ3) is 6.25. The number of carbonyl (C=O) groups is 2. The number of likely N-dealkylation sites (N-methyl/N-ethyl adjacent to an activating group) is 1. The van der Waals surface area contributed by atoms with Gasteiger partial charge >= 0.3 is 0 Å². The third-order valence-electron chi connectivity index (χ3n) is 3.87. The van der Waals surface area contributed by atoms with Crippen LogP contribution in [0, 0.1) is 0 Å². The molecule has 25 heavy (non-hydrogen) atoms. The Morgan fingerprint density at radius 3 is 2.40 bits per heavy atom. The van der Waals surface area contributed by atoms with E-state index in [9.17, 15) is 9.59 Å². The van der Waals surface area contributed by atoms with Gasteiger partial charge in [0, 0.05) is 26.0 Å². The molecule has 0 unspecified atom stereocenters. The maximum atomic E-state index is 12.1. The second-order valence-electron chi connectivity index (χ2n) is 5.72. The van der Waals surface area contributed by atoms with Crippen LogP contribution < -0.4 is 10.1 Å². The van der Waals surface area contributed by atoms with E-state index in [1.807, 2.05) is 24.3 Å². The van der Waals surface area contributed by atoms with E-state index >= 15 is 0 Å². The molecule has 6 nitrogen and oxygen atoms in total. The first-order chi connectivity index (χ1) is 12.1. The van der Waals surface area contributed by atoms with Crippen LogP contribution in [0.1, 0.15) is 11.1 Å². The van der Waals surface area contributed by atoms with Gasteiger partial charge in [0.05, 0.1) is 20.1 Å². The van der Waals surface area contributed by atoms with Crippen LogP contribution >= 0.6 is 0 Å². The van der Waals surface area contributed by atoms with Gasteiger partial charge < -0.3 is 15.0 Å². The highest BCUT2D eigenvalue weighted by Gasteiger charge is 2.11. The van der Waals surface area contributed by atoms with Crippen LogP contribution in [-0.2, 0) is 22.4 Å². The van der Waals surface area contributed by atoms with Crippen molar-refractivity contribution in [3.8, 4) is 5.75 Å². The summed E-state index contributed by atoms with van der Waals surface area (Å²) in [6.07, 6.45) is 4.45. The predicted molar refractivity (Wildman–Crippen MR) is 95.3 cm³/mol. The number of methoxy groups -OCH3 is 1. The van der Waals surface area contributed by atoms with E-state index in [1.54, 1.807) is 43.6 Å². The van der Waals surface area contributed by atoms with Crippen molar-refractivity contribution in [2.75, 3.05) is 27.2 Å². The minimum atomic E-state index is -0.180. The number of rotatable bonds is 8. The summed E-state index contributed by atoms with van der Waals surface area (Å²) in [5.74, 6) is 0.452. The van der Waals surface area contributed by atoms with Crippen molar-refractivity contribution in [1.82, 2.24) is 15.2 Å². The van der Waals surface area contributed by atoms with Gasteiger partial charge in [-0.05, 0) is 41.8 Å². The zero-order chi connectivity index (χ0) is 18.1. The van der Waals surface area contributed by atoms with Gasteiger partial charge in [-0.15, -0.1) is 0 Å². The van der Waals surface area contributed by atoms with E-state index < -0.39 is 0 Å². The van der Waals surface area contributed by atoms with Gasteiger partial charge in [0.15, 0.2) is 0 Å². The SMILES string of the molecule is COc1ccc(CC(=O)NCC(=O)N(C)CCc2ccncc2)cc1. The number of nitrogens with zero attached hydrogens (tertiary/aromatic N) is 2. The fraction of sp³-hybridized carbons (Fsp3) is 0.316. The maximum absolute atomic E-state index is 12.1. The Morgan fingerprint density at radius 1 is 1.08 bits per heavy atom. The summed E-state index contributed by atoms with van der Waals surface area (Å²) < 4.78 is 5.08. The summed E-state index contributed by atoms with van der Waals surface area (Å²) in [4.78, 5) is 29.6. The normalized spacial score (nSPS) is 10.2. The molecule has 0 spiro atoms. The van der Waals surface area contributed by atoms with Crippen molar-refractivity contribution < 1.29 is 14.3 Å². The molecule has 0 fully saturated rings. The second-order valence-corrected chi connectivity index (χ2v) is 5.72. The first-order valence-electron chi connectivity index (χ1n) is 8.11. The van der Waals surface area contributed by atoms with E-state index in [4.69, 9.17) is 4.74 Å². The van der Waals surface area contributed by atoms with Crippen molar-refractivity contribution >= 4 is 11.8 Å². The highest BCUT2D eigenvalue weighted by molar-refractivity contribution is 5.85. The van der Waals surface area contributed by atoms with Crippen molar-refractivity contribution in [3.05, 3.63) is 59.9 Å². The van der Waals surface area contributed by atoms with Gasteiger partial charge in [-0.2, -0.15) is 0 Å². The molecule has 132 valence electrons. The minimum Gasteiger partial charge on any atom is -0.497 e. The van der Waals surface area contributed by atoms with E-state index in [1.165, 1.54) is 0 Å². The summed E-state index contributed by atoms with van der Waals surface area (Å²) in [7, 11) is 3.33. The number of benzene rings is 1. The Hall–Kier alpha value is -2.89. The average molecular weight is 341 g/mol. The molecule has 0 radical (unpaired) electrons. The first-order valence-corrected chi connectivity index (χ1v) is 8.11. The molecule has 0 aliphatic carbocycles. The quantitative estimate of drug-likeness (QED) is 0.789. The predicted octanol–water partition coefficient (Wildman–Crippen LogP) is 1.45. The minimum absolute atomic E-state index is 0.00182. The van der Waals surface area contributed by atoms with Crippen molar-refractivity contribution in [3.63, 3.8) is 0 Å². The highest BCUT2D eigenvalue weighted by Crippen LogP contribution is 2.11. The molecule has 1 aromatic carbocycles. The third-order valence-corrected chi connectivity index (χ3v) is 3.87. The average Bonchev–Trinajstić information content (AvgIpc) is 2.65. The number of pyridine rings is 1. The smallest absolute Gasteiger partial charge is 0.241 e. The van der Waals surface area contributed by atoms with Crippen LogP contribution in [0.25, 0.3) is 0 Å². The molecular formula is C19H23N3O3. The zero-order valence-electron chi connectivity index (χ0n) is 14.6. The molecule has 0 bridgehead atoms. The molecule has 0 atom stereocenters. The Morgan fingerprint density at radius 2 is 1.76 bits per heavy atom. The molecule has 2 aromatic rings. The van der Waals surface area contributed by atoms with Crippen molar-refractivity contribution in [2.45, 2.75) is 12.8 Å². The van der Waals surface area contributed by atoms with Crippen molar-refractivity contribution in [1.29, 1.82) is 0 Å². The van der Waals surface area contributed by atoms with Gasteiger partial charge in [-0.3, -0.25) is 14.6 Å². The number of aromatic nitrogens is 1. The largest absolute Gasteiger partial charge is 0.497 e. The molecule has 0 aliphatic heterocycles. The van der Waals surface area contributed by atoms with Gasteiger partial charge in [0.2, 0.25) is 11.8 Å². The van der Waals surface area contributed by atoms with Gasteiger partial charge in [-0.25, -0.2) is 0 Å². The second kappa shape index (κ2) is 9.42. The van der Waals surface area contributed by atoms with Crippen LogP contribution in [-0.4, -0.2) is 48.9 Å². The van der Waals surface area contributed by atoms with E-state index in [2.05, 4.69) is 10.3 Å². The number of hydrogen-bond acceptors (Lipinski definition) is 4. The molecule has 1 heterocycles. The van der Waals surface area contributed by atoms with Crippen LogP contribution in [0.3, 0.4) is 0 Å². The van der Waals surface area contributed by atoms with Crippen LogP contribution in [0.15, 0.2) is 48.8 Å². The van der Waals surface area contributed by atoms with E-state index in [0.717, 1.165) is 23.3 Å². The first kappa shape index (κ1) is 18.4. The molecular weight excluding hydrogens is 318 g/mol. The molecule has 1 aromatic heterocycles. The molecule has 1 N–H and O–H groups in total. The molecule has 6 heteroatoms. The summed E-state index contributed by atoms with van der Waals surface area (Å²) >= 11 is 0. The zero-order valence-corrected chi connectivity index (χ0v) is 14.6. The van der Waals surface area contributed by atoms with Crippen molar-refractivity contribution in [2.24, 2.45) is 0 Å². The molecule has 2 rings (SSSR count). The molecule has 2 amide bonds.